The van der Waals surface area contributed by atoms with Crippen molar-refractivity contribution in [2.45, 2.75) is 23.8 Å². The summed E-state index contributed by atoms with van der Waals surface area (Å²) < 4.78 is 6.76. The summed E-state index contributed by atoms with van der Waals surface area (Å²) in [7, 11) is 0. The van der Waals surface area contributed by atoms with E-state index in [9.17, 15) is 0 Å². The van der Waals surface area contributed by atoms with Crippen molar-refractivity contribution in [1.82, 2.24) is 0 Å². The molecule has 1 aliphatic heterocycles. The van der Waals surface area contributed by atoms with Crippen molar-refractivity contribution >= 4 is 31.9 Å². The van der Waals surface area contributed by atoms with E-state index in [-0.39, 0.29) is 0 Å². The molecule has 1 aliphatic rings. The van der Waals surface area contributed by atoms with Gasteiger partial charge in [0.15, 0.2) is 0 Å². The third-order valence-electron chi connectivity index (χ3n) is 2.48. The lowest BCUT2D eigenvalue weighted by molar-refractivity contribution is 0.110. The van der Waals surface area contributed by atoms with Gasteiger partial charge in [-0.1, -0.05) is 44.0 Å². The third-order valence-corrected chi connectivity index (χ3v) is 4.13. The Morgan fingerprint density at radius 3 is 2.57 bits per heavy atom. The molecule has 1 fully saturated rings. The van der Waals surface area contributed by atoms with Crippen molar-refractivity contribution < 1.29 is 4.74 Å². The first-order chi connectivity index (χ1) is 6.77. The molecule has 3 heteroatoms. The van der Waals surface area contributed by atoms with Gasteiger partial charge in [-0.25, -0.2) is 0 Å². The molecule has 1 aromatic rings. The molecule has 0 spiro atoms. The number of ether oxygens (including phenoxy) is 1. The monoisotopic (exact) mass is 318 g/mol. The molecule has 1 heterocycles. The Hall–Kier alpha value is 0.140. The molecule has 0 saturated carbocycles. The van der Waals surface area contributed by atoms with Gasteiger partial charge < -0.3 is 4.74 Å². The van der Waals surface area contributed by atoms with Crippen molar-refractivity contribution in [2.24, 2.45) is 0 Å². The second kappa shape index (κ2) is 4.77. The predicted molar refractivity (Wildman–Crippen MR) is 64.8 cm³/mol. The summed E-state index contributed by atoms with van der Waals surface area (Å²) in [5.74, 6) is 0. The number of benzene rings is 1. The molecule has 1 nitrogen and oxygen atoms in total. The fourth-order valence-corrected chi connectivity index (χ4v) is 2.68. The van der Waals surface area contributed by atoms with Gasteiger partial charge in [0.25, 0.3) is 0 Å². The molecular formula is C11H12Br2O. The third kappa shape index (κ3) is 2.38. The smallest absolute Gasteiger partial charge is 0.0741 e. The lowest BCUT2D eigenvalue weighted by atomic mass is 10.1. The van der Waals surface area contributed by atoms with Crippen LogP contribution in [0.3, 0.4) is 0 Å². The van der Waals surface area contributed by atoms with Crippen LogP contribution in [0.4, 0.5) is 0 Å². The average Bonchev–Trinajstić information content (AvgIpc) is 2.71. The van der Waals surface area contributed by atoms with Gasteiger partial charge in [0, 0.05) is 11.1 Å². The van der Waals surface area contributed by atoms with Gasteiger partial charge in [-0.2, -0.15) is 0 Å². The Morgan fingerprint density at radius 1 is 1.29 bits per heavy atom. The van der Waals surface area contributed by atoms with Crippen LogP contribution >= 0.6 is 31.9 Å². The van der Waals surface area contributed by atoms with Gasteiger partial charge in [-0.15, -0.1) is 0 Å². The molecule has 0 N–H and O–H groups in total. The second-order valence-electron chi connectivity index (χ2n) is 3.50. The number of hydrogen-bond acceptors (Lipinski definition) is 1. The van der Waals surface area contributed by atoms with Gasteiger partial charge in [-0.05, 0) is 30.5 Å². The predicted octanol–water partition coefficient (Wildman–Crippen LogP) is 4.06. The van der Waals surface area contributed by atoms with Crippen molar-refractivity contribution in [3.8, 4) is 0 Å². The molecule has 1 saturated heterocycles. The van der Waals surface area contributed by atoms with Gasteiger partial charge in [-0.3, -0.25) is 0 Å². The summed E-state index contributed by atoms with van der Waals surface area (Å²) in [4.78, 5) is 0.332. The largest absolute Gasteiger partial charge is 0.377 e. The van der Waals surface area contributed by atoms with Gasteiger partial charge >= 0.3 is 0 Å². The molecule has 1 aromatic carbocycles. The first kappa shape index (κ1) is 10.7. The first-order valence-electron chi connectivity index (χ1n) is 4.78. The molecule has 0 amide bonds. The summed E-state index contributed by atoms with van der Waals surface area (Å²) >= 11 is 7.13. The Kier molecular flexibility index (Phi) is 3.63. The minimum absolute atomic E-state index is 0.332. The maximum Gasteiger partial charge on any atom is 0.0741 e. The van der Waals surface area contributed by atoms with Crippen LogP contribution in [0.15, 0.2) is 28.7 Å². The Morgan fingerprint density at radius 2 is 2.00 bits per heavy atom. The lowest BCUT2D eigenvalue weighted by Crippen LogP contribution is -2.11. The molecule has 2 rings (SSSR count). The number of hydrogen-bond donors (Lipinski definition) is 0. The van der Waals surface area contributed by atoms with Crippen LogP contribution in [0.5, 0.6) is 0 Å². The van der Waals surface area contributed by atoms with Crippen LogP contribution in [0, 0.1) is 0 Å². The van der Waals surface area contributed by atoms with E-state index in [1.54, 1.807) is 0 Å². The molecular weight excluding hydrogens is 308 g/mol. The molecule has 2 atom stereocenters. The number of rotatable bonds is 2. The second-order valence-corrected chi connectivity index (χ2v) is 5.41. The topological polar surface area (TPSA) is 9.23 Å². The van der Waals surface area contributed by atoms with E-state index in [4.69, 9.17) is 4.74 Å². The minimum Gasteiger partial charge on any atom is -0.377 e. The van der Waals surface area contributed by atoms with E-state index in [0.717, 1.165) is 17.5 Å². The lowest BCUT2D eigenvalue weighted by Gasteiger charge is -2.17. The van der Waals surface area contributed by atoms with E-state index in [0.29, 0.717) is 10.9 Å². The standard InChI is InChI=1S/C11H12Br2O/c12-9-5-3-8(4-6-9)11(13)10-2-1-7-14-10/h3-6,10-11H,1-2,7H2. The van der Waals surface area contributed by atoms with E-state index >= 15 is 0 Å². The van der Waals surface area contributed by atoms with Crippen molar-refractivity contribution in [1.29, 1.82) is 0 Å². The molecule has 0 aromatic heterocycles. The fraction of sp³-hybridized carbons (Fsp3) is 0.455. The number of halogens is 2. The molecule has 0 bridgehead atoms. The van der Waals surface area contributed by atoms with Crippen LogP contribution < -0.4 is 0 Å². The normalized spacial score (nSPS) is 23.7. The highest BCUT2D eigenvalue weighted by atomic mass is 79.9. The molecule has 2 unspecified atom stereocenters. The summed E-state index contributed by atoms with van der Waals surface area (Å²) in [6.07, 6.45) is 2.69. The van der Waals surface area contributed by atoms with Gasteiger partial charge in [0.1, 0.15) is 0 Å². The summed E-state index contributed by atoms with van der Waals surface area (Å²) in [6.45, 7) is 0.906. The maximum absolute atomic E-state index is 5.64. The maximum atomic E-state index is 5.64. The molecule has 14 heavy (non-hydrogen) atoms. The van der Waals surface area contributed by atoms with Crippen LogP contribution in [-0.4, -0.2) is 12.7 Å². The zero-order valence-corrected chi connectivity index (χ0v) is 10.9. The van der Waals surface area contributed by atoms with E-state index in [2.05, 4.69) is 56.1 Å². The molecule has 76 valence electrons. The minimum atomic E-state index is 0.332. The quantitative estimate of drug-likeness (QED) is 0.747. The van der Waals surface area contributed by atoms with Crippen LogP contribution in [-0.2, 0) is 4.74 Å². The average molecular weight is 320 g/mol. The Balaban J connectivity index is 2.09. The van der Waals surface area contributed by atoms with E-state index < -0.39 is 0 Å². The van der Waals surface area contributed by atoms with Crippen LogP contribution in [0.1, 0.15) is 23.2 Å². The number of alkyl halides is 1. The summed E-state index contributed by atoms with van der Waals surface area (Å²) in [6, 6.07) is 8.40. The molecule has 0 radical (unpaired) electrons. The van der Waals surface area contributed by atoms with E-state index in [1.165, 1.54) is 12.0 Å². The molecule has 0 aliphatic carbocycles. The van der Waals surface area contributed by atoms with Crippen molar-refractivity contribution in [3.05, 3.63) is 34.3 Å². The Labute approximate surface area is 101 Å². The van der Waals surface area contributed by atoms with Gasteiger partial charge in [0.05, 0.1) is 10.9 Å². The zero-order chi connectivity index (χ0) is 9.97. The highest BCUT2D eigenvalue weighted by molar-refractivity contribution is 9.10. The summed E-state index contributed by atoms with van der Waals surface area (Å²) in [5.41, 5.74) is 1.29. The summed E-state index contributed by atoms with van der Waals surface area (Å²) in [5, 5.41) is 0. The van der Waals surface area contributed by atoms with E-state index in [1.807, 2.05) is 0 Å². The van der Waals surface area contributed by atoms with Crippen molar-refractivity contribution in [3.63, 3.8) is 0 Å². The highest BCUT2D eigenvalue weighted by Crippen LogP contribution is 2.34. The zero-order valence-electron chi connectivity index (χ0n) is 7.75. The fourth-order valence-electron chi connectivity index (χ4n) is 1.69. The van der Waals surface area contributed by atoms with Crippen molar-refractivity contribution in [2.75, 3.05) is 6.61 Å². The SMILES string of the molecule is Brc1ccc(C(Br)C2CCCO2)cc1. The first-order valence-corrected chi connectivity index (χ1v) is 6.49. The highest BCUT2D eigenvalue weighted by Gasteiger charge is 2.24. The van der Waals surface area contributed by atoms with Crippen LogP contribution in [0.25, 0.3) is 0 Å². The van der Waals surface area contributed by atoms with Gasteiger partial charge in [0.2, 0.25) is 0 Å². The Bertz CT molecular complexity index is 291. The van der Waals surface area contributed by atoms with Crippen LogP contribution in [0.2, 0.25) is 0 Å².